The van der Waals surface area contributed by atoms with Gasteiger partial charge in [0.25, 0.3) is 0 Å². The van der Waals surface area contributed by atoms with Crippen LogP contribution >= 0.6 is 0 Å². The van der Waals surface area contributed by atoms with Crippen LogP contribution in [0.1, 0.15) is 36.3 Å². The highest BCUT2D eigenvalue weighted by molar-refractivity contribution is 6.11. The zero-order valence-corrected chi connectivity index (χ0v) is 31.3. The second kappa shape index (κ2) is 14.7. The van der Waals surface area contributed by atoms with Gasteiger partial charge in [-0.2, -0.15) is 0 Å². The summed E-state index contributed by atoms with van der Waals surface area (Å²) in [6, 6.07) is 64.3. The summed E-state index contributed by atoms with van der Waals surface area (Å²) in [4.78, 5) is 2.40. The van der Waals surface area contributed by atoms with Crippen LogP contribution in [-0.4, -0.2) is 4.57 Å². The number of hydrogen-bond donors (Lipinski definition) is 0. The van der Waals surface area contributed by atoms with Crippen molar-refractivity contribution >= 4 is 38.8 Å². The fourth-order valence-electron chi connectivity index (χ4n) is 8.47. The molecule has 0 fully saturated rings. The van der Waals surface area contributed by atoms with Crippen LogP contribution in [-0.2, 0) is 0 Å². The van der Waals surface area contributed by atoms with Crippen molar-refractivity contribution in [2.45, 2.75) is 25.2 Å². The Morgan fingerprint density at radius 1 is 0.464 bits per heavy atom. The lowest BCUT2D eigenvalue weighted by molar-refractivity contribution is 0.840. The predicted molar refractivity (Wildman–Crippen MR) is 238 cm³/mol. The first-order valence-electron chi connectivity index (χ1n) is 19.8. The summed E-state index contributed by atoms with van der Waals surface area (Å²) in [5.74, 6) is 0.369. The first kappa shape index (κ1) is 33.7. The number of allylic oxidation sites excluding steroid dienone is 7. The Morgan fingerprint density at radius 3 is 1.84 bits per heavy atom. The molecule has 0 amide bonds. The molecule has 8 aromatic rings. The molecule has 1 heterocycles. The molecule has 0 saturated heterocycles. The molecule has 0 N–H and O–H groups in total. The van der Waals surface area contributed by atoms with E-state index in [0.29, 0.717) is 5.92 Å². The number of rotatable bonds is 8. The maximum Gasteiger partial charge on any atom is 0.0561 e. The van der Waals surface area contributed by atoms with Gasteiger partial charge in [-0.1, -0.05) is 158 Å². The van der Waals surface area contributed by atoms with Crippen LogP contribution < -0.4 is 4.90 Å². The molecule has 2 aliphatic carbocycles. The van der Waals surface area contributed by atoms with Crippen LogP contribution in [0.15, 0.2) is 218 Å². The number of anilines is 2. The smallest absolute Gasteiger partial charge is 0.0561 e. The van der Waals surface area contributed by atoms with E-state index in [2.05, 4.69) is 222 Å². The van der Waals surface area contributed by atoms with Crippen molar-refractivity contribution in [1.29, 1.82) is 0 Å². The average Bonchev–Trinajstić information content (AvgIpc) is 3.61. The van der Waals surface area contributed by atoms with Gasteiger partial charge in [0.1, 0.15) is 0 Å². The first-order valence-corrected chi connectivity index (χ1v) is 19.8. The van der Waals surface area contributed by atoms with E-state index in [1.807, 2.05) is 0 Å². The number of hydrogen-bond acceptors (Lipinski definition) is 1. The minimum absolute atomic E-state index is 0.369. The molecule has 1 atom stereocenters. The zero-order chi connectivity index (χ0) is 37.3. The Balaban J connectivity index is 1.10. The molecule has 0 saturated carbocycles. The van der Waals surface area contributed by atoms with Crippen LogP contribution in [0.3, 0.4) is 0 Å². The van der Waals surface area contributed by atoms with E-state index in [-0.39, 0.29) is 0 Å². The fourth-order valence-corrected chi connectivity index (χ4v) is 8.47. The molecular formula is C54H42N2. The van der Waals surface area contributed by atoms with Crippen molar-refractivity contribution in [3.63, 3.8) is 0 Å². The number of aromatic nitrogens is 1. The Hall–Kier alpha value is -6.90. The molecule has 56 heavy (non-hydrogen) atoms. The van der Waals surface area contributed by atoms with Gasteiger partial charge in [0.05, 0.1) is 11.0 Å². The topological polar surface area (TPSA) is 8.17 Å². The summed E-state index contributed by atoms with van der Waals surface area (Å²) in [7, 11) is 0. The largest absolute Gasteiger partial charge is 0.311 e. The molecule has 2 heteroatoms. The Labute approximate surface area is 329 Å². The molecule has 10 rings (SSSR count). The monoisotopic (exact) mass is 718 g/mol. The van der Waals surface area contributed by atoms with E-state index >= 15 is 0 Å². The Bertz CT molecular complexity index is 2780. The minimum Gasteiger partial charge on any atom is -0.311 e. The highest BCUT2D eigenvalue weighted by Gasteiger charge is 2.21. The van der Waals surface area contributed by atoms with Crippen LogP contribution in [0.25, 0.3) is 55.3 Å². The zero-order valence-electron chi connectivity index (χ0n) is 31.3. The van der Waals surface area contributed by atoms with Gasteiger partial charge in [-0.05, 0) is 113 Å². The SMILES string of the molecule is C1=CC(c2ccc(-c3ccc4c(c3)c3ccc(N(C5=CCC(c6ccccc6)C=C5)c5ccccc5)cc3n4-c3ccc(-c4ccccc4)cc3)cc2)=CCC1. The molecule has 7 aromatic carbocycles. The lowest BCUT2D eigenvalue weighted by Gasteiger charge is -2.29. The van der Waals surface area contributed by atoms with Crippen LogP contribution in [0.2, 0.25) is 0 Å². The molecule has 2 nitrogen and oxygen atoms in total. The van der Waals surface area contributed by atoms with Gasteiger partial charge in [0.2, 0.25) is 0 Å². The summed E-state index contributed by atoms with van der Waals surface area (Å²) < 4.78 is 2.44. The molecular weight excluding hydrogens is 677 g/mol. The van der Waals surface area contributed by atoms with Gasteiger partial charge in [-0.3, -0.25) is 0 Å². The summed E-state index contributed by atoms with van der Waals surface area (Å²) in [5.41, 5.74) is 15.8. The van der Waals surface area contributed by atoms with Gasteiger partial charge in [0, 0.05) is 39.4 Å². The standard InChI is InChI=1S/C54H42N2/c1-5-13-39(14-6-1)42-21-23-45(24-22-42)46-29-36-53-52(37-46)51-35-34-50(38-54(51)56(53)49-32-27-44(28-33-49)41-17-9-3-10-18-41)55(47-19-11-4-12-20-47)48-30-25-43(26-31-48)40-15-7-2-8-16-40/h2-5,7-25,27-38,43H,1,6,26H2. The molecule has 2 aliphatic rings. The first-order chi connectivity index (χ1) is 27.8. The second-order valence-corrected chi connectivity index (χ2v) is 14.8. The highest BCUT2D eigenvalue weighted by atomic mass is 15.1. The number of benzene rings is 7. The third kappa shape index (κ3) is 6.40. The Morgan fingerprint density at radius 2 is 1.12 bits per heavy atom. The van der Waals surface area contributed by atoms with Crippen LogP contribution in [0.5, 0.6) is 0 Å². The van der Waals surface area contributed by atoms with Crippen molar-refractivity contribution in [2.24, 2.45) is 0 Å². The third-order valence-electron chi connectivity index (χ3n) is 11.4. The van der Waals surface area contributed by atoms with Gasteiger partial charge < -0.3 is 9.47 Å². The molecule has 0 bridgehead atoms. The summed E-state index contributed by atoms with van der Waals surface area (Å²) >= 11 is 0. The second-order valence-electron chi connectivity index (χ2n) is 14.8. The van der Waals surface area contributed by atoms with Gasteiger partial charge in [-0.25, -0.2) is 0 Å². The van der Waals surface area contributed by atoms with Gasteiger partial charge in [0.15, 0.2) is 0 Å². The summed E-state index contributed by atoms with van der Waals surface area (Å²) in [5, 5.41) is 2.48. The number of nitrogens with zero attached hydrogens (tertiary/aromatic N) is 2. The molecule has 1 unspecified atom stereocenters. The third-order valence-corrected chi connectivity index (χ3v) is 11.4. The normalized spacial score (nSPS) is 15.2. The van der Waals surface area contributed by atoms with Crippen molar-refractivity contribution in [2.75, 3.05) is 4.90 Å². The number of para-hydroxylation sites is 1. The molecule has 268 valence electrons. The van der Waals surface area contributed by atoms with Crippen molar-refractivity contribution in [3.8, 4) is 27.9 Å². The quantitative estimate of drug-likeness (QED) is 0.152. The van der Waals surface area contributed by atoms with Crippen molar-refractivity contribution < 1.29 is 0 Å². The number of fused-ring (bicyclic) bond motifs is 3. The lowest BCUT2D eigenvalue weighted by Crippen LogP contribution is -2.17. The molecule has 1 aromatic heterocycles. The van der Waals surface area contributed by atoms with E-state index in [4.69, 9.17) is 0 Å². The van der Waals surface area contributed by atoms with Crippen LogP contribution in [0.4, 0.5) is 11.4 Å². The van der Waals surface area contributed by atoms with E-state index < -0.39 is 0 Å². The van der Waals surface area contributed by atoms with E-state index in [0.717, 1.165) is 36.3 Å². The minimum atomic E-state index is 0.369. The van der Waals surface area contributed by atoms with Crippen molar-refractivity contribution in [1.82, 2.24) is 4.57 Å². The molecule has 0 aliphatic heterocycles. The average molecular weight is 719 g/mol. The van der Waals surface area contributed by atoms with Crippen molar-refractivity contribution in [3.05, 3.63) is 229 Å². The van der Waals surface area contributed by atoms with E-state index in [1.165, 1.54) is 66.5 Å². The maximum absolute atomic E-state index is 2.44. The van der Waals surface area contributed by atoms with E-state index in [9.17, 15) is 0 Å². The summed E-state index contributed by atoms with van der Waals surface area (Å²) in [6.45, 7) is 0. The summed E-state index contributed by atoms with van der Waals surface area (Å²) in [6.07, 6.45) is 17.1. The molecule has 0 spiro atoms. The fraction of sp³-hybridized carbons (Fsp3) is 0.0741. The van der Waals surface area contributed by atoms with E-state index in [1.54, 1.807) is 0 Å². The predicted octanol–water partition coefficient (Wildman–Crippen LogP) is 14.6. The molecule has 0 radical (unpaired) electrons. The maximum atomic E-state index is 2.44. The highest BCUT2D eigenvalue weighted by Crippen LogP contribution is 2.41. The lowest BCUT2D eigenvalue weighted by atomic mass is 9.91. The van der Waals surface area contributed by atoms with Gasteiger partial charge >= 0.3 is 0 Å². The Kier molecular flexibility index (Phi) is 8.85. The van der Waals surface area contributed by atoms with Gasteiger partial charge in [-0.15, -0.1) is 0 Å². The van der Waals surface area contributed by atoms with Crippen LogP contribution in [0, 0.1) is 0 Å².